The van der Waals surface area contributed by atoms with Gasteiger partial charge in [-0.15, -0.1) is 0 Å². The van der Waals surface area contributed by atoms with E-state index in [1.165, 1.54) is 11.8 Å². The van der Waals surface area contributed by atoms with Crippen molar-refractivity contribution in [3.8, 4) is 0 Å². The third-order valence-corrected chi connectivity index (χ3v) is 3.56. The van der Waals surface area contributed by atoms with Gasteiger partial charge in [0.2, 0.25) is 0 Å². The van der Waals surface area contributed by atoms with Crippen LogP contribution in [0.2, 0.25) is 5.02 Å². The van der Waals surface area contributed by atoms with Gasteiger partial charge in [0.15, 0.2) is 0 Å². The molecule has 0 radical (unpaired) electrons. The van der Waals surface area contributed by atoms with Crippen LogP contribution in [0.3, 0.4) is 0 Å². The summed E-state index contributed by atoms with van der Waals surface area (Å²) in [6, 6.07) is 2.27. The monoisotopic (exact) mass is 236 g/mol. The molecule has 1 aromatic carbocycles. The summed E-state index contributed by atoms with van der Waals surface area (Å²) in [5, 5.41) is 0.0839. The van der Waals surface area contributed by atoms with Gasteiger partial charge >= 0.3 is 0 Å². The minimum atomic E-state index is -0.589. The molecule has 0 aliphatic carbocycles. The Labute approximate surface area is 91.6 Å². The van der Waals surface area contributed by atoms with E-state index in [0.717, 1.165) is 12.1 Å². The van der Waals surface area contributed by atoms with E-state index in [0.29, 0.717) is 0 Å². The molecule has 0 N–H and O–H groups in total. The van der Waals surface area contributed by atoms with E-state index in [1.807, 2.05) is 6.26 Å². The molecule has 0 saturated carbocycles. The second kappa shape index (κ2) is 4.07. The Bertz CT molecular complexity index is 327. The fourth-order valence-corrected chi connectivity index (χ4v) is 1.81. The minimum Gasteiger partial charge on any atom is -0.206 e. The summed E-state index contributed by atoms with van der Waals surface area (Å²) in [6.45, 7) is 3.54. The summed E-state index contributed by atoms with van der Waals surface area (Å²) in [6.07, 6.45) is 1.81. The van der Waals surface area contributed by atoms with E-state index in [4.69, 9.17) is 11.6 Å². The van der Waals surface area contributed by atoms with Crippen molar-refractivity contribution in [3.63, 3.8) is 0 Å². The van der Waals surface area contributed by atoms with Crippen LogP contribution in [0.25, 0.3) is 0 Å². The largest absolute Gasteiger partial charge is 0.206 e. The summed E-state index contributed by atoms with van der Waals surface area (Å²) in [7, 11) is 0. The lowest BCUT2D eigenvalue weighted by Crippen LogP contribution is -2.16. The van der Waals surface area contributed by atoms with E-state index in [-0.39, 0.29) is 10.6 Å². The Morgan fingerprint density at radius 1 is 1.21 bits per heavy atom. The van der Waals surface area contributed by atoms with Crippen molar-refractivity contribution in [1.82, 2.24) is 0 Å². The first-order valence-electron chi connectivity index (χ1n) is 4.08. The van der Waals surface area contributed by atoms with Gasteiger partial charge in [0, 0.05) is 15.3 Å². The second-order valence-corrected chi connectivity index (χ2v) is 5.32. The maximum Gasteiger partial charge on any atom is 0.132 e. The van der Waals surface area contributed by atoms with Crippen LogP contribution in [0.4, 0.5) is 8.78 Å². The molecule has 1 aromatic rings. The molecule has 0 spiro atoms. The molecule has 1 rings (SSSR count). The summed E-state index contributed by atoms with van der Waals surface area (Å²) in [4.78, 5) is 0. The van der Waals surface area contributed by atoms with Crippen molar-refractivity contribution >= 4 is 23.4 Å². The highest BCUT2D eigenvalue weighted by Crippen LogP contribution is 2.37. The summed E-state index contributed by atoms with van der Waals surface area (Å²) in [5.74, 6) is -1.18. The number of thioether (sulfide) groups is 1. The Hall–Kier alpha value is -0.280. The van der Waals surface area contributed by atoms with Crippen LogP contribution in [0.15, 0.2) is 12.1 Å². The maximum atomic E-state index is 13.5. The molecule has 4 heteroatoms. The molecule has 0 saturated heterocycles. The fourth-order valence-electron chi connectivity index (χ4n) is 1.22. The second-order valence-electron chi connectivity index (χ2n) is 3.46. The maximum absolute atomic E-state index is 13.5. The number of halogens is 3. The lowest BCUT2D eigenvalue weighted by atomic mass is 10.0. The zero-order valence-corrected chi connectivity index (χ0v) is 9.77. The zero-order valence-electron chi connectivity index (χ0n) is 8.20. The van der Waals surface area contributed by atoms with Crippen LogP contribution in [-0.2, 0) is 4.75 Å². The highest BCUT2D eigenvalue weighted by atomic mass is 35.5. The molecule has 0 heterocycles. The van der Waals surface area contributed by atoms with E-state index in [1.54, 1.807) is 13.8 Å². The van der Waals surface area contributed by atoms with Gasteiger partial charge in [-0.3, -0.25) is 0 Å². The number of benzene rings is 1. The molecule has 0 amide bonds. The molecule has 0 aliphatic heterocycles. The van der Waals surface area contributed by atoms with Gasteiger partial charge in [0.1, 0.15) is 11.6 Å². The standard InChI is InChI=1S/C10H11ClF2S/c1-10(2,14-3)9-7(12)4-6(11)5-8(9)13/h4-5H,1-3H3. The third-order valence-electron chi connectivity index (χ3n) is 2.12. The molecule has 0 bridgehead atoms. The summed E-state index contributed by atoms with van der Waals surface area (Å²) < 4.78 is 26.3. The molecule has 0 aliphatic rings. The Kier molecular flexibility index (Phi) is 3.43. The first-order valence-corrected chi connectivity index (χ1v) is 5.69. The van der Waals surface area contributed by atoms with Crippen LogP contribution < -0.4 is 0 Å². The van der Waals surface area contributed by atoms with Crippen LogP contribution in [0.5, 0.6) is 0 Å². The molecule has 0 unspecified atom stereocenters. The molecule has 0 aromatic heterocycles. The van der Waals surface area contributed by atoms with Crippen molar-refractivity contribution < 1.29 is 8.78 Å². The normalized spacial score (nSPS) is 11.9. The molecule has 14 heavy (non-hydrogen) atoms. The van der Waals surface area contributed by atoms with Crippen LogP contribution in [0, 0.1) is 11.6 Å². The average molecular weight is 237 g/mol. The average Bonchev–Trinajstić information content (AvgIpc) is 2.01. The van der Waals surface area contributed by atoms with Crippen molar-refractivity contribution in [3.05, 3.63) is 34.4 Å². The highest BCUT2D eigenvalue weighted by molar-refractivity contribution is 7.99. The predicted molar refractivity (Wildman–Crippen MR) is 57.9 cm³/mol. The SMILES string of the molecule is CSC(C)(C)c1c(F)cc(Cl)cc1F. The van der Waals surface area contributed by atoms with E-state index in [2.05, 4.69) is 0 Å². The number of rotatable bonds is 2. The van der Waals surface area contributed by atoms with Crippen molar-refractivity contribution in [2.24, 2.45) is 0 Å². The Morgan fingerprint density at radius 2 is 1.64 bits per heavy atom. The third kappa shape index (κ3) is 2.20. The van der Waals surface area contributed by atoms with Gasteiger partial charge in [0.05, 0.1) is 0 Å². The van der Waals surface area contributed by atoms with Gasteiger partial charge < -0.3 is 0 Å². The highest BCUT2D eigenvalue weighted by Gasteiger charge is 2.27. The van der Waals surface area contributed by atoms with E-state index < -0.39 is 16.4 Å². The first-order chi connectivity index (χ1) is 6.38. The smallest absolute Gasteiger partial charge is 0.132 e. The van der Waals surface area contributed by atoms with Crippen LogP contribution >= 0.6 is 23.4 Å². The first kappa shape index (κ1) is 11.8. The van der Waals surface area contributed by atoms with Crippen molar-refractivity contribution in [1.29, 1.82) is 0 Å². The Morgan fingerprint density at radius 3 is 2.00 bits per heavy atom. The van der Waals surface area contributed by atoms with Crippen molar-refractivity contribution in [2.75, 3.05) is 6.26 Å². The summed E-state index contributed by atoms with van der Waals surface area (Å²) in [5.41, 5.74) is 0.0781. The summed E-state index contributed by atoms with van der Waals surface area (Å²) >= 11 is 6.92. The molecular weight excluding hydrogens is 226 g/mol. The Balaban J connectivity index is 3.35. The van der Waals surface area contributed by atoms with Gasteiger partial charge in [-0.25, -0.2) is 8.78 Å². The van der Waals surface area contributed by atoms with Crippen molar-refractivity contribution in [2.45, 2.75) is 18.6 Å². The van der Waals surface area contributed by atoms with E-state index >= 15 is 0 Å². The predicted octanol–water partition coefficient (Wildman–Crippen LogP) is 4.22. The number of hydrogen-bond acceptors (Lipinski definition) is 1. The molecule has 78 valence electrons. The molecule has 0 atom stereocenters. The lowest BCUT2D eigenvalue weighted by Gasteiger charge is -2.23. The van der Waals surface area contributed by atoms with Gasteiger partial charge in [0.25, 0.3) is 0 Å². The molecule has 0 fully saturated rings. The molecular formula is C10H11ClF2S. The van der Waals surface area contributed by atoms with Gasteiger partial charge in [-0.1, -0.05) is 11.6 Å². The van der Waals surface area contributed by atoms with Gasteiger partial charge in [-0.05, 0) is 32.2 Å². The fraction of sp³-hybridized carbons (Fsp3) is 0.400. The lowest BCUT2D eigenvalue weighted by molar-refractivity contribution is 0.530. The van der Waals surface area contributed by atoms with Crippen LogP contribution in [-0.4, -0.2) is 6.26 Å². The zero-order chi connectivity index (χ0) is 10.9. The molecule has 0 nitrogen and oxygen atoms in total. The van der Waals surface area contributed by atoms with Crippen LogP contribution in [0.1, 0.15) is 19.4 Å². The van der Waals surface area contributed by atoms with E-state index in [9.17, 15) is 8.78 Å². The van der Waals surface area contributed by atoms with Gasteiger partial charge in [-0.2, -0.15) is 11.8 Å². The minimum absolute atomic E-state index is 0.0781. The topological polar surface area (TPSA) is 0 Å². The quantitative estimate of drug-likeness (QED) is 0.741. The number of hydrogen-bond donors (Lipinski definition) is 0.